The minimum Gasteiger partial charge on any atom is -0.419 e. The van der Waals surface area contributed by atoms with Gasteiger partial charge in [-0.05, 0) is 44.7 Å². The second-order valence-electron chi connectivity index (χ2n) is 6.56. The lowest BCUT2D eigenvalue weighted by Gasteiger charge is -2.22. The van der Waals surface area contributed by atoms with Crippen molar-refractivity contribution >= 4 is 10.0 Å². The quantitative estimate of drug-likeness (QED) is 0.699. The Morgan fingerprint density at radius 2 is 1.89 bits per heavy atom. The third kappa shape index (κ3) is 4.41. The van der Waals surface area contributed by atoms with Crippen molar-refractivity contribution in [3.63, 3.8) is 0 Å². The van der Waals surface area contributed by atoms with E-state index >= 15 is 0 Å². The summed E-state index contributed by atoms with van der Waals surface area (Å²) >= 11 is 0. The summed E-state index contributed by atoms with van der Waals surface area (Å²) < 4.78 is 29.4. The Morgan fingerprint density at radius 1 is 1.15 bits per heavy atom. The molecular formula is C19H22N4O3S. The Balaban J connectivity index is 1.80. The molecule has 1 aromatic heterocycles. The van der Waals surface area contributed by atoms with Crippen LogP contribution in [0.3, 0.4) is 0 Å². The zero-order chi connectivity index (χ0) is 19.6. The van der Waals surface area contributed by atoms with Crippen LogP contribution < -0.4 is 5.14 Å². The molecule has 3 rings (SSSR count). The molecule has 0 radical (unpaired) electrons. The van der Waals surface area contributed by atoms with E-state index in [0.29, 0.717) is 23.9 Å². The molecule has 1 atom stereocenters. The Hall–Kier alpha value is -2.55. The third-order valence-corrected chi connectivity index (χ3v) is 5.43. The fourth-order valence-electron chi connectivity index (χ4n) is 2.80. The maximum atomic E-state index is 11.8. The first-order chi connectivity index (χ1) is 12.8. The number of sulfonamides is 1. The van der Waals surface area contributed by atoms with Crippen molar-refractivity contribution in [2.75, 3.05) is 7.05 Å². The van der Waals surface area contributed by atoms with E-state index in [-0.39, 0.29) is 10.9 Å². The molecule has 0 aliphatic rings. The highest BCUT2D eigenvalue weighted by Gasteiger charge is 2.21. The summed E-state index contributed by atoms with van der Waals surface area (Å²) in [6.45, 7) is 4.29. The van der Waals surface area contributed by atoms with E-state index < -0.39 is 10.0 Å². The second kappa shape index (κ2) is 7.59. The highest BCUT2D eigenvalue weighted by atomic mass is 32.2. The topological polar surface area (TPSA) is 102 Å². The van der Waals surface area contributed by atoms with Crippen LogP contribution in [0.15, 0.2) is 57.8 Å². The molecule has 0 saturated heterocycles. The summed E-state index contributed by atoms with van der Waals surface area (Å²) in [6, 6.07) is 14.3. The van der Waals surface area contributed by atoms with E-state index in [1.807, 2.05) is 50.1 Å². The van der Waals surface area contributed by atoms with Crippen molar-refractivity contribution in [2.45, 2.75) is 31.3 Å². The van der Waals surface area contributed by atoms with Crippen molar-refractivity contribution in [3.8, 4) is 11.5 Å². The van der Waals surface area contributed by atoms with Gasteiger partial charge in [0.05, 0.1) is 10.9 Å². The molecule has 1 unspecified atom stereocenters. The molecule has 0 saturated carbocycles. The molecule has 0 aliphatic carbocycles. The number of nitrogens with zero attached hydrogens (tertiary/aromatic N) is 3. The molecule has 27 heavy (non-hydrogen) atoms. The number of aromatic nitrogens is 2. The van der Waals surface area contributed by atoms with Crippen molar-refractivity contribution in [1.82, 2.24) is 15.1 Å². The van der Waals surface area contributed by atoms with E-state index in [9.17, 15) is 8.42 Å². The predicted octanol–water partition coefficient (Wildman–Crippen LogP) is 2.89. The summed E-state index contributed by atoms with van der Waals surface area (Å²) in [6.07, 6.45) is 0. The van der Waals surface area contributed by atoms with Gasteiger partial charge in [-0.15, -0.1) is 10.2 Å². The van der Waals surface area contributed by atoms with Crippen molar-refractivity contribution in [1.29, 1.82) is 0 Å². The third-order valence-electron chi connectivity index (χ3n) is 4.42. The minimum atomic E-state index is -3.78. The van der Waals surface area contributed by atoms with Gasteiger partial charge in [-0.25, -0.2) is 13.6 Å². The first-order valence-corrected chi connectivity index (χ1v) is 10.0. The number of hydrogen-bond donors (Lipinski definition) is 1. The van der Waals surface area contributed by atoms with E-state index in [0.717, 1.165) is 11.1 Å². The molecule has 0 fully saturated rings. The smallest absolute Gasteiger partial charge is 0.247 e. The SMILES string of the molecule is Cc1cccc(-c2nnc(C(C)N(C)Cc3ccccc3S(N)(=O)=O)o2)c1. The molecule has 2 N–H and O–H groups in total. The molecule has 0 spiro atoms. The molecule has 1 heterocycles. The molecule has 0 bridgehead atoms. The van der Waals surface area contributed by atoms with Gasteiger partial charge >= 0.3 is 0 Å². The first kappa shape index (κ1) is 19.2. The van der Waals surface area contributed by atoms with Gasteiger partial charge in [-0.3, -0.25) is 4.90 Å². The molecule has 142 valence electrons. The van der Waals surface area contributed by atoms with E-state index in [1.54, 1.807) is 18.2 Å². The normalized spacial score (nSPS) is 13.1. The maximum absolute atomic E-state index is 11.8. The van der Waals surface area contributed by atoms with Crippen LogP contribution in [0.2, 0.25) is 0 Å². The van der Waals surface area contributed by atoms with Crippen LogP contribution >= 0.6 is 0 Å². The van der Waals surface area contributed by atoms with Crippen molar-refractivity contribution < 1.29 is 12.8 Å². The van der Waals surface area contributed by atoms with Gasteiger partial charge in [0.25, 0.3) is 0 Å². The average molecular weight is 386 g/mol. The van der Waals surface area contributed by atoms with Crippen LogP contribution in [0, 0.1) is 6.92 Å². The van der Waals surface area contributed by atoms with E-state index in [4.69, 9.17) is 9.56 Å². The van der Waals surface area contributed by atoms with Gasteiger partial charge in [-0.2, -0.15) is 0 Å². The molecule has 8 heteroatoms. The first-order valence-electron chi connectivity index (χ1n) is 8.47. The standard InChI is InChI=1S/C19H22N4O3S/c1-13-7-6-9-15(11-13)19-22-21-18(26-19)14(2)23(3)12-16-8-4-5-10-17(16)27(20,24)25/h4-11,14H,12H2,1-3H3,(H2,20,24,25). The van der Waals surface area contributed by atoms with Crippen LogP contribution in [0.5, 0.6) is 0 Å². The largest absolute Gasteiger partial charge is 0.419 e. The average Bonchev–Trinajstić information content (AvgIpc) is 3.10. The minimum absolute atomic E-state index is 0.120. The summed E-state index contributed by atoms with van der Waals surface area (Å²) in [5, 5.41) is 13.6. The van der Waals surface area contributed by atoms with Crippen LogP contribution in [-0.2, 0) is 16.6 Å². The van der Waals surface area contributed by atoms with Gasteiger partial charge < -0.3 is 4.42 Å². The summed E-state index contributed by atoms with van der Waals surface area (Å²) in [4.78, 5) is 2.05. The van der Waals surface area contributed by atoms with Gasteiger partial charge in [0.15, 0.2) is 0 Å². The number of benzene rings is 2. The zero-order valence-corrected chi connectivity index (χ0v) is 16.3. The van der Waals surface area contributed by atoms with Crippen LogP contribution in [0.25, 0.3) is 11.5 Å². The molecule has 0 aliphatic heterocycles. The van der Waals surface area contributed by atoms with Gasteiger partial charge in [-0.1, -0.05) is 35.9 Å². The second-order valence-corrected chi connectivity index (χ2v) is 8.09. The lowest BCUT2D eigenvalue weighted by Crippen LogP contribution is -2.24. The molecule has 0 amide bonds. The Bertz CT molecular complexity index is 1050. The molecule has 2 aromatic carbocycles. The van der Waals surface area contributed by atoms with E-state index in [1.165, 1.54) is 6.07 Å². The van der Waals surface area contributed by atoms with Gasteiger partial charge in [0.1, 0.15) is 0 Å². The number of hydrogen-bond acceptors (Lipinski definition) is 6. The Labute approximate surface area is 158 Å². The predicted molar refractivity (Wildman–Crippen MR) is 102 cm³/mol. The number of rotatable bonds is 6. The number of aryl methyl sites for hydroxylation is 1. The van der Waals surface area contributed by atoms with Crippen molar-refractivity contribution in [2.24, 2.45) is 5.14 Å². The Morgan fingerprint density at radius 3 is 2.59 bits per heavy atom. The van der Waals surface area contributed by atoms with Crippen LogP contribution in [0.1, 0.15) is 30.0 Å². The van der Waals surface area contributed by atoms with Crippen LogP contribution in [-0.4, -0.2) is 30.6 Å². The maximum Gasteiger partial charge on any atom is 0.247 e. The lowest BCUT2D eigenvalue weighted by atomic mass is 10.1. The summed E-state index contributed by atoms with van der Waals surface area (Å²) in [5.41, 5.74) is 2.59. The lowest BCUT2D eigenvalue weighted by molar-refractivity contribution is 0.216. The highest BCUT2D eigenvalue weighted by Crippen LogP contribution is 2.25. The monoisotopic (exact) mass is 386 g/mol. The highest BCUT2D eigenvalue weighted by molar-refractivity contribution is 7.89. The zero-order valence-electron chi connectivity index (χ0n) is 15.5. The van der Waals surface area contributed by atoms with Gasteiger partial charge in [0.2, 0.25) is 21.8 Å². The Kier molecular flexibility index (Phi) is 5.41. The fraction of sp³-hybridized carbons (Fsp3) is 0.263. The van der Waals surface area contributed by atoms with Gasteiger partial charge in [0, 0.05) is 12.1 Å². The number of nitrogens with two attached hydrogens (primary N) is 1. The summed E-state index contributed by atoms with van der Waals surface area (Å²) in [5.74, 6) is 0.918. The van der Waals surface area contributed by atoms with Crippen molar-refractivity contribution in [3.05, 3.63) is 65.5 Å². The molecule has 3 aromatic rings. The van der Waals surface area contributed by atoms with E-state index in [2.05, 4.69) is 10.2 Å². The molecular weight excluding hydrogens is 364 g/mol. The molecule has 7 nitrogen and oxygen atoms in total. The fourth-order valence-corrected chi connectivity index (χ4v) is 3.57. The number of primary sulfonamides is 1. The van der Waals surface area contributed by atoms with Crippen LogP contribution in [0.4, 0.5) is 0 Å². The summed E-state index contributed by atoms with van der Waals surface area (Å²) in [7, 11) is -1.92.